The van der Waals surface area contributed by atoms with Gasteiger partial charge in [0.05, 0.1) is 0 Å². The lowest BCUT2D eigenvalue weighted by atomic mass is 9.83. The number of hydrogen-bond donors (Lipinski definition) is 2. The fourth-order valence-corrected chi connectivity index (χ4v) is 3.10. The van der Waals surface area contributed by atoms with Gasteiger partial charge in [-0.1, -0.05) is 56.1 Å². The van der Waals surface area contributed by atoms with E-state index < -0.39 is 11.2 Å². The zero-order valence-corrected chi connectivity index (χ0v) is 16.7. The molecular formula is C18H20Br2O4. The van der Waals surface area contributed by atoms with Crippen LogP contribution in [0.1, 0.15) is 37.8 Å². The summed E-state index contributed by atoms with van der Waals surface area (Å²) in [6.45, 7) is 3.60. The van der Waals surface area contributed by atoms with Crippen molar-refractivity contribution in [1.29, 1.82) is 0 Å². The fraction of sp³-hybridized carbons (Fsp3) is 0.333. The Morgan fingerprint density at radius 2 is 1.00 bits per heavy atom. The molecule has 0 fully saturated rings. The van der Waals surface area contributed by atoms with Crippen LogP contribution in [0.2, 0.25) is 0 Å². The van der Waals surface area contributed by atoms with E-state index in [4.69, 9.17) is 9.78 Å². The van der Waals surface area contributed by atoms with Crippen molar-refractivity contribution in [2.45, 2.75) is 37.9 Å². The molecule has 2 atom stereocenters. The first-order valence-corrected chi connectivity index (χ1v) is 9.09. The van der Waals surface area contributed by atoms with Crippen molar-refractivity contribution in [3.05, 3.63) is 68.6 Å². The first kappa shape index (κ1) is 19.6. The molecule has 0 amide bonds. The molecule has 2 unspecified atom stereocenters. The minimum atomic E-state index is -0.907. The molecule has 0 radical (unpaired) electrons. The molecule has 0 aliphatic carbocycles. The van der Waals surface area contributed by atoms with E-state index in [1.165, 1.54) is 0 Å². The summed E-state index contributed by atoms with van der Waals surface area (Å²) in [6.07, 6.45) is 0.885. The molecule has 4 nitrogen and oxygen atoms in total. The highest BCUT2D eigenvalue weighted by atomic mass is 79.9. The number of hydrogen-bond acceptors (Lipinski definition) is 4. The fourth-order valence-electron chi connectivity index (χ4n) is 2.57. The van der Waals surface area contributed by atoms with Crippen molar-refractivity contribution in [3.8, 4) is 0 Å². The molecule has 0 saturated heterocycles. The van der Waals surface area contributed by atoms with Crippen molar-refractivity contribution >= 4 is 31.9 Å². The molecular weight excluding hydrogens is 440 g/mol. The lowest BCUT2D eigenvalue weighted by molar-refractivity contribution is -0.344. The number of benzene rings is 2. The van der Waals surface area contributed by atoms with E-state index in [1.807, 2.05) is 48.5 Å². The SMILES string of the molecule is CC(CCC(C)(OO)c1ccc(Br)cc1)(OO)c1ccc(Br)cc1. The van der Waals surface area contributed by atoms with Crippen molar-refractivity contribution < 1.29 is 20.3 Å². The molecule has 2 aromatic carbocycles. The van der Waals surface area contributed by atoms with Gasteiger partial charge in [0.1, 0.15) is 11.2 Å². The van der Waals surface area contributed by atoms with E-state index in [0.29, 0.717) is 12.8 Å². The summed E-state index contributed by atoms with van der Waals surface area (Å²) in [6, 6.07) is 15.1. The zero-order chi connectivity index (χ0) is 17.8. The maximum Gasteiger partial charge on any atom is 0.125 e. The Bertz CT molecular complexity index is 600. The molecule has 2 rings (SSSR count). The van der Waals surface area contributed by atoms with Crippen molar-refractivity contribution in [2.24, 2.45) is 0 Å². The number of rotatable bonds is 7. The first-order valence-electron chi connectivity index (χ1n) is 7.50. The van der Waals surface area contributed by atoms with E-state index >= 15 is 0 Å². The summed E-state index contributed by atoms with van der Waals surface area (Å²) in [5.41, 5.74) is -0.139. The summed E-state index contributed by atoms with van der Waals surface area (Å²) in [5.74, 6) is 0. The second kappa shape index (κ2) is 8.08. The highest BCUT2D eigenvalue weighted by Gasteiger charge is 2.35. The van der Waals surface area contributed by atoms with Crippen molar-refractivity contribution in [3.63, 3.8) is 0 Å². The van der Waals surface area contributed by atoms with Gasteiger partial charge in [-0.05, 0) is 62.1 Å². The van der Waals surface area contributed by atoms with Crippen LogP contribution in [-0.4, -0.2) is 10.5 Å². The standard InChI is InChI=1S/C18H20Br2O4/c1-17(23-21,13-3-7-15(19)8-4-13)11-12-18(2,24-22)14-5-9-16(20)10-6-14/h3-10,21-22H,11-12H2,1-2H3. The summed E-state index contributed by atoms with van der Waals surface area (Å²) < 4.78 is 1.90. The van der Waals surface area contributed by atoms with Gasteiger partial charge in [0.2, 0.25) is 0 Å². The third kappa shape index (κ3) is 4.45. The van der Waals surface area contributed by atoms with Gasteiger partial charge in [0.25, 0.3) is 0 Å². The van der Waals surface area contributed by atoms with Crippen LogP contribution in [-0.2, 0) is 21.0 Å². The predicted molar refractivity (Wildman–Crippen MR) is 99.6 cm³/mol. The Kier molecular flexibility index (Phi) is 6.59. The minimum Gasteiger partial charge on any atom is -0.251 e. The molecule has 2 aromatic rings. The Hall–Kier alpha value is -0.760. The van der Waals surface area contributed by atoms with Gasteiger partial charge >= 0.3 is 0 Å². The molecule has 0 spiro atoms. The van der Waals surface area contributed by atoms with E-state index in [0.717, 1.165) is 20.1 Å². The Labute approximate surface area is 158 Å². The van der Waals surface area contributed by atoms with Gasteiger partial charge in [-0.2, -0.15) is 0 Å². The van der Waals surface area contributed by atoms with Crippen LogP contribution in [0.25, 0.3) is 0 Å². The monoisotopic (exact) mass is 458 g/mol. The van der Waals surface area contributed by atoms with Crippen LogP contribution < -0.4 is 0 Å². The zero-order valence-electron chi connectivity index (χ0n) is 13.5. The second-order valence-electron chi connectivity index (χ2n) is 6.16. The smallest absolute Gasteiger partial charge is 0.125 e. The molecule has 0 aliphatic rings. The summed E-state index contributed by atoms with van der Waals surface area (Å²) in [4.78, 5) is 9.60. The van der Waals surface area contributed by atoms with Gasteiger partial charge in [0, 0.05) is 8.95 Å². The van der Waals surface area contributed by atoms with Crippen molar-refractivity contribution in [2.75, 3.05) is 0 Å². The Balaban J connectivity index is 2.20. The molecule has 0 aliphatic heterocycles. The van der Waals surface area contributed by atoms with Crippen LogP contribution in [0.15, 0.2) is 57.5 Å². The van der Waals surface area contributed by atoms with Crippen LogP contribution >= 0.6 is 31.9 Å². The van der Waals surface area contributed by atoms with E-state index in [9.17, 15) is 10.5 Å². The molecule has 6 heteroatoms. The molecule has 0 saturated carbocycles. The van der Waals surface area contributed by atoms with E-state index in [1.54, 1.807) is 13.8 Å². The minimum absolute atomic E-state index is 0.443. The normalized spacial score (nSPS) is 16.4. The lowest BCUT2D eigenvalue weighted by Gasteiger charge is -2.32. The quantitative estimate of drug-likeness (QED) is 0.387. The third-order valence-corrected chi connectivity index (χ3v) is 5.45. The average molecular weight is 460 g/mol. The van der Waals surface area contributed by atoms with Crippen LogP contribution in [0.4, 0.5) is 0 Å². The van der Waals surface area contributed by atoms with Gasteiger partial charge < -0.3 is 0 Å². The van der Waals surface area contributed by atoms with Crippen LogP contribution in [0.5, 0.6) is 0 Å². The number of halogens is 2. The second-order valence-corrected chi connectivity index (χ2v) is 7.99. The lowest BCUT2D eigenvalue weighted by Crippen LogP contribution is -2.31. The summed E-state index contributed by atoms with van der Waals surface area (Å²) >= 11 is 6.78. The van der Waals surface area contributed by atoms with E-state index in [2.05, 4.69) is 31.9 Å². The maximum atomic E-state index is 9.46. The van der Waals surface area contributed by atoms with Gasteiger partial charge in [-0.3, -0.25) is 10.5 Å². The Morgan fingerprint density at radius 3 is 1.25 bits per heavy atom. The van der Waals surface area contributed by atoms with Crippen LogP contribution in [0, 0.1) is 0 Å². The van der Waals surface area contributed by atoms with Gasteiger partial charge in [0.15, 0.2) is 0 Å². The molecule has 24 heavy (non-hydrogen) atoms. The molecule has 2 N–H and O–H groups in total. The van der Waals surface area contributed by atoms with Gasteiger partial charge in [-0.15, -0.1) is 0 Å². The molecule has 130 valence electrons. The summed E-state index contributed by atoms with van der Waals surface area (Å²) in [7, 11) is 0. The molecule has 0 heterocycles. The predicted octanol–water partition coefficient (Wildman–Crippen LogP) is 6.10. The highest BCUT2D eigenvalue weighted by Crippen LogP contribution is 2.37. The highest BCUT2D eigenvalue weighted by molar-refractivity contribution is 9.10. The van der Waals surface area contributed by atoms with Crippen LogP contribution in [0.3, 0.4) is 0 Å². The maximum absolute atomic E-state index is 9.46. The Morgan fingerprint density at radius 1 is 0.708 bits per heavy atom. The molecule has 0 bridgehead atoms. The van der Waals surface area contributed by atoms with Gasteiger partial charge in [-0.25, -0.2) is 9.78 Å². The van der Waals surface area contributed by atoms with Crippen molar-refractivity contribution in [1.82, 2.24) is 0 Å². The average Bonchev–Trinajstić information content (AvgIpc) is 2.60. The topological polar surface area (TPSA) is 58.9 Å². The first-order chi connectivity index (χ1) is 11.3. The largest absolute Gasteiger partial charge is 0.251 e. The summed E-state index contributed by atoms with van der Waals surface area (Å²) in [5, 5.41) is 18.9. The molecule has 0 aromatic heterocycles. The van der Waals surface area contributed by atoms with E-state index in [-0.39, 0.29) is 0 Å². The third-order valence-electron chi connectivity index (χ3n) is 4.39.